The summed E-state index contributed by atoms with van der Waals surface area (Å²) in [5, 5.41) is 15.2. The maximum absolute atomic E-state index is 13.7. The topological polar surface area (TPSA) is 151 Å². The Morgan fingerprint density at radius 3 is 2.23 bits per heavy atom. The molecular weight excluding hydrogens is 452 g/mol. The van der Waals surface area contributed by atoms with Crippen molar-refractivity contribution in [3.05, 3.63) is 42.0 Å². The van der Waals surface area contributed by atoms with Crippen LogP contribution in [0.3, 0.4) is 0 Å². The highest BCUT2D eigenvalue weighted by molar-refractivity contribution is 5.94. The summed E-state index contributed by atoms with van der Waals surface area (Å²) >= 11 is 0. The highest BCUT2D eigenvalue weighted by atomic mass is 16.6. The van der Waals surface area contributed by atoms with Crippen LogP contribution in [0.1, 0.15) is 65.1 Å². The molecule has 0 aromatic heterocycles. The van der Waals surface area contributed by atoms with Gasteiger partial charge in [-0.2, -0.15) is 0 Å². The number of carbonyl (C=O) groups is 4. The molecule has 0 saturated carbocycles. The first kappa shape index (κ1) is 29.5. The summed E-state index contributed by atoms with van der Waals surface area (Å²) in [6.07, 6.45) is 0.0116. The van der Waals surface area contributed by atoms with Gasteiger partial charge in [0.25, 0.3) is 0 Å². The Morgan fingerprint density at radius 2 is 1.77 bits per heavy atom. The number of nitrogens with zero attached hydrogens (tertiary/aromatic N) is 1. The Hall–Kier alpha value is -3.56. The number of carbonyl (C=O) groups excluding carboxylic acids is 4. The van der Waals surface area contributed by atoms with Crippen LogP contribution in [0, 0.1) is 6.92 Å². The Labute approximate surface area is 206 Å². The molecule has 0 heterocycles. The Morgan fingerprint density at radius 1 is 1.17 bits per heavy atom. The maximum atomic E-state index is 13.7. The van der Waals surface area contributed by atoms with Crippen LogP contribution in [-0.4, -0.2) is 57.5 Å². The number of phenolic OH excluding ortho intramolecular Hbond substituents is 1. The van der Waals surface area contributed by atoms with E-state index in [9.17, 15) is 24.3 Å². The van der Waals surface area contributed by atoms with E-state index in [-0.39, 0.29) is 12.3 Å². The molecule has 0 saturated heterocycles. The summed E-state index contributed by atoms with van der Waals surface area (Å²) in [4.78, 5) is 52.4. The monoisotopic (exact) mass is 490 g/mol. The van der Waals surface area contributed by atoms with E-state index in [1.54, 1.807) is 54.5 Å². The number of rotatable bonds is 9. The number of aryl methyl sites for hydroxylation is 1. The summed E-state index contributed by atoms with van der Waals surface area (Å²) in [7, 11) is 0. The molecule has 10 heteroatoms. The summed E-state index contributed by atoms with van der Waals surface area (Å²) < 4.78 is 5.23. The lowest BCUT2D eigenvalue weighted by molar-refractivity contribution is -0.143. The zero-order chi connectivity index (χ0) is 27.1. The second-order valence-electron chi connectivity index (χ2n) is 10.3. The van der Waals surface area contributed by atoms with Crippen LogP contribution in [-0.2, 0) is 19.1 Å². The molecule has 1 aromatic carbocycles. The first-order valence-electron chi connectivity index (χ1n) is 11.3. The van der Waals surface area contributed by atoms with Crippen LogP contribution in [0.25, 0.3) is 0 Å². The number of phenols is 1. The normalized spacial score (nSPS) is 13.2. The van der Waals surface area contributed by atoms with Gasteiger partial charge in [-0.15, -0.1) is 6.58 Å². The zero-order valence-electron chi connectivity index (χ0n) is 21.6. The average molecular weight is 491 g/mol. The molecule has 0 aliphatic carbocycles. The average Bonchev–Trinajstić information content (AvgIpc) is 2.66. The van der Waals surface area contributed by atoms with E-state index in [2.05, 4.69) is 17.2 Å². The van der Waals surface area contributed by atoms with Crippen molar-refractivity contribution in [2.45, 2.75) is 78.1 Å². The number of aromatic hydroxyl groups is 1. The third kappa shape index (κ3) is 9.68. The van der Waals surface area contributed by atoms with Crippen molar-refractivity contribution >= 4 is 23.8 Å². The molecule has 194 valence electrons. The van der Waals surface area contributed by atoms with Gasteiger partial charge in [-0.3, -0.25) is 14.4 Å². The SMILES string of the molecule is C=CCN(C(=O)C(CC(N)=O)NC(=O)OC(C)(C)C)C(C(=O)NC(C)(C)C)c1ccc(O)c(C)c1. The van der Waals surface area contributed by atoms with Crippen molar-refractivity contribution in [3.63, 3.8) is 0 Å². The molecule has 1 aromatic rings. The van der Waals surface area contributed by atoms with Gasteiger partial charge in [0.05, 0.1) is 6.42 Å². The second-order valence-corrected chi connectivity index (χ2v) is 10.3. The van der Waals surface area contributed by atoms with Gasteiger partial charge in [-0.05, 0) is 71.7 Å². The molecule has 0 fully saturated rings. The fraction of sp³-hybridized carbons (Fsp3) is 0.520. The molecule has 0 aliphatic heterocycles. The molecule has 0 aliphatic rings. The fourth-order valence-corrected chi connectivity index (χ4v) is 3.27. The summed E-state index contributed by atoms with van der Waals surface area (Å²) in [6, 6.07) is 2.01. The number of ether oxygens (including phenoxy) is 1. The van der Waals surface area contributed by atoms with E-state index in [0.29, 0.717) is 11.1 Å². The largest absolute Gasteiger partial charge is 0.508 e. The quantitative estimate of drug-likeness (QED) is 0.390. The van der Waals surface area contributed by atoms with Crippen LogP contribution in [0.4, 0.5) is 4.79 Å². The summed E-state index contributed by atoms with van der Waals surface area (Å²) in [5.41, 5.74) is 4.81. The standard InChI is InChI=1S/C25H38N4O6/c1-9-12-29(22(33)17(14-19(26)31)27-23(34)35-25(6,7)8)20(21(32)28-24(3,4)5)16-10-11-18(30)15(2)13-16/h9-11,13,17,20,30H,1,12,14H2,2-8H3,(H2,26,31)(H,27,34)(H,28,32). The predicted molar refractivity (Wildman–Crippen MR) is 132 cm³/mol. The number of nitrogens with one attached hydrogen (secondary N) is 2. The smallest absolute Gasteiger partial charge is 0.408 e. The van der Waals surface area contributed by atoms with E-state index < -0.39 is 53.5 Å². The lowest BCUT2D eigenvalue weighted by Gasteiger charge is -2.35. The zero-order valence-corrected chi connectivity index (χ0v) is 21.6. The van der Waals surface area contributed by atoms with E-state index in [0.717, 1.165) is 0 Å². The third-order valence-corrected chi connectivity index (χ3v) is 4.60. The van der Waals surface area contributed by atoms with Gasteiger partial charge in [0.1, 0.15) is 23.4 Å². The molecule has 2 unspecified atom stereocenters. The summed E-state index contributed by atoms with van der Waals surface area (Å²) in [6.45, 7) is 15.6. The van der Waals surface area contributed by atoms with Crippen molar-refractivity contribution in [3.8, 4) is 5.75 Å². The first-order chi connectivity index (χ1) is 15.9. The van der Waals surface area contributed by atoms with Gasteiger partial charge >= 0.3 is 6.09 Å². The Kier molecular flexibility index (Phi) is 9.87. The van der Waals surface area contributed by atoms with Crippen molar-refractivity contribution < 1.29 is 29.0 Å². The highest BCUT2D eigenvalue weighted by Gasteiger charge is 2.37. The van der Waals surface area contributed by atoms with Crippen LogP contribution in [0.2, 0.25) is 0 Å². The van der Waals surface area contributed by atoms with E-state index in [4.69, 9.17) is 10.5 Å². The van der Waals surface area contributed by atoms with Gasteiger partial charge in [0, 0.05) is 12.1 Å². The lowest BCUT2D eigenvalue weighted by Crippen LogP contribution is -2.55. The Balaban J connectivity index is 3.53. The molecule has 0 spiro atoms. The van der Waals surface area contributed by atoms with Crippen LogP contribution in [0.5, 0.6) is 5.75 Å². The minimum Gasteiger partial charge on any atom is -0.508 e. The summed E-state index contributed by atoms with van der Waals surface area (Å²) in [5.74, 6) is -2.01. The number of hydrogen-bond acceptors (Lipinski definition) is 6. The Bertz CT molecular complexity index is 962. The van der Waals surface area contributed by atoms with Crippen molar-refractivity contribution in [1.29, 1.82) is 0 Å². The number of amides is 4. The minimum atomic E-state index is -1.38. The number of hydrogen-bond donors (Lipinski definition) is 4. The van der Waals surface area contributed by atoms with Gasteiger partial charge < -0.3 is 31.1 Å². The fourth-order valence-electron chi connectivity index (χ4n) is 3.27. The molecule has 4 amide bonds. The number of primary amides is 1. The number of benzene rings is 1. The number of nitrogens with two attached hydrogens (primary N) is 1. The molecule has 35 heavy (non-hydrogen) atoms. The molecule has 0 radical (unpaired) electrons. The number of alkyl carbamates (subject to hydrolysis) is 1. The van der Waals surface area contributed by atoms with Crippen LogP contribution >= 0.6 is 0 Å². The lowest BCUT2D eigenvalue weighted by atomic mass is 9.98. The molecule has 5 N–H and O–H groups in total. The van der Waals surface area contributed by atoms with Crippen molar-refractivity contribution in [1.82, 2.24) is 15.5 Å². The van der Waals surface area contributed by atoms with Gasteiger partial charge in [0.15, 0.2) is 0 Å². The van der Waals surface area contributed by atoms with Crippen LogP contribution in [0.15, 0.2) is 30.9 Å². The molecule has 0 bridgehead atoms. The highest BCUT2D eigenvalue weighted by Crippen LogP contribution is 2.28. The molecule has 1 rings (SSSR count). The van der Waals surface area contributed by atoms with Crippen LogP contribution < -0.4 is 16.4 Å². The maximum Gasteiger partial charge on any atom is 0.408 e. The minimum absolute atomic E-state index is 0.0310. The van der Waals surface area contributed by atoms with Crippen molar-refractivity contribution in [2.24, 2.45) is 5.73 Å². The third-order valence-electron chi connectivity index (χ3n) is 4.60. The van der Waals surface area contributed by atoms with Gasteiger partial charge in [-0.25, -0.2) is 4.79 Å². The van der Waals surface area contributed by atoms with Crippen molar-refractivity contribution in [2.75, 3.05) is 6.54 Å². The molecule has 10 nitrogen and oxygen atoms in total. The predicted octanol–water partition coefficient (Wildman–Crippen LogP) is 2.44. The van der Waals surface area contributed by atoms with Gasteiger partial charge in [0.2, 0.25) is 17.7 Å². The van der Waals surface area contributed by atoms with E-state index in [1.807, 2.05) is 0 Å². The van der Waals surface area contributed by atoms with E-state index >= 15 is 0 Å². The second kappa shape index (κ2) is 11.7. The first-order valence-corrected chi connectivity index (χ1v) is 11.3. The molecule has 2 atom stereocenters. The van der Waals surface area contributed by atoms with E-state index in [1.165, 1.54) is 23.1 Å². The van der Waals surface area contributed by atoms with Gasteiger partial charge in [-0.1, -0.05) is 12.1 Å². The molecular formula is C25H38N4O6.